The second kappa shape index (κ2) is 2.81. The van der Waals surface area contributed by atoms with Gasteiger partial charge in [0.25, 0.3) is 0 Å². The average Bonchev–Trinajstić information content (AvgIpc) is 2.30. The van der Waals surface area contributed by atoms with E-state index in [9.17, 15) is 9.59 Å². The number of carbonyl (C=O) groups excluding carboxylic acids is 1. The number of aromatic carboxylic acids is 1. The van der Waals surface area contributed by atoms with Gasteiger partial charge in [-0.15, -0.1) is 0 Å². The number of Topliss-reactive ketones (excluding diaryl/α,β-unsaturated/α-hetero) is 1. The van der Waals surface area contributed by atoms with Crippen molar-refractivity contribution in [1.82, 2.24) is 4.98 Å². The van der Waals surface area contributed by atoms with Crippen LogP contribution in [0, 0.1) is 6.92 Å². The lowest BCUT2D eigenvalue weighted by Gasteiger charge is -1.94. The minimum atomic E-state index is -1.10. The minimum Gasteiger partial charge on any atom is -0.477 e. The van der Waals surface area contributed by atoms with E-state index in [1.54, 1.807) is 6.92 Å². The first-order valence-electron chi connectivity index (χ1n) is 3.46. The Labute approximate surface area is 69.2 Å². The van der Waals surface area contributed by atoms with E-state index in [-0.39, 0.29) is 17.0 Å². The Morgan fingerprint density at radius 2 is 2.08 bits per heavy atom. The lowest BCUT2D eigenvalue weighted by atomic mass is 10.1. The molecule has 64 valence electrons. The summed E-state index contributed by atoms with van der Waals surface area (Å²) in [6.45, 7) is 3.04. The number of ketones is 1. The van der Waals surface area contributed by atoms with Gasteiger partial charge in [-0.1, -0.05) is 0 Å². The Balaban J connectivity index is 3.31. The van der Waals surface area contributed by atoms with Crippen molar-refractivity contribution in [2.24, 2.45) is 0 Å². The Morgan fingerprint density at radius 1 is 1.50 bits per heavy atom. The zero-order valence-corrected chi connectivity index (χ0v) is 6.84. The van der Waals surface area contributed by atoms with Crippen molar-refractivity contribution in [2.45, 2.75) is 13.8 Å². The van der Waals surface area contributed by atoms with Crippen LogP contribution < -0.4 is 0 Å². The summed E-state index contributed by atoms with van der Waals surface area (Å²) in [5, 5.41) is 8.64. The maximum absolute atomic E-state index is 11.0. The van der Waals surface area contributed by atoms with Gasteiger partial charge in [-0.3, -0.25) is 4.79 Å². The van der Waals surface area contributed by atoms with Gasteiger partial charge in [0.1, 0.15) is 5.69 Å². The first-order chi connectivity index (χ1) is 5.54. The summed E-state index contributed by atoms with van der Waals surface area (Å²) in [7, 11) is 0. The number of carbonyl (C=O) groups is 2. The topological polar surface area (TPSA) is 70.2 Å². The van der Waals surface area contributed by atoms with Gasteiger partial charge in [0.05, 0.1) is 5.56 Å². The monoisotopic (exact) mass is 167 g/mol. The van der Waals surface area contributed by atoms with Crippen molar-refractivity contribution in [3.05, 3.63) is 23.0 Å². The molecule has 0 radical (unpaired) electrons. The van der Waals surface area contributed by atoms with E-state index in [0.717, 1.165) is 0 Å². The van der Waals surface area contributed by atoms with Crippen LogP contribution in [-0.4, -0.2) is 21.8 Å². The van der Waals surface area contributed by atoms with Crippen LogP contribution in [-0.2, 0) is 0 Å². The molecular formula is C8H9NO3. The lowest BCUT2D eigenvalue weighted by Crippen LogP contribution is -2.05. The van der Waals surface area contributed by atoms with Gasteiger partial charge in [-0.25, -0.2) is 4.79 Å². The summed E-state index contributed by atoms with van der Waals surface area (Å²) in [5.41, 5.74) is 0.905. The molecule has 0 amide bonds. The maximum atomic E-state index is 11.0. The van der Waals surface area contributed by atoms with Crippen LogP contribution in [0.4, 0.5) is 0 Å². The molecular weight excluding hydrogens is 158 g/mol. The number of rotatable bonds is 2. The number of carboxylic acids is 1. The molecule has 0 unspecified atom stereocenters. The van der Waals surface area contributed by atoms with Crippen LogP contribution >= 0.6 is 0 Å². The normalized spacial score (nSPS) is 9.83. The van der Waals surface area contributed by atoms with Crippen molar-refractivity contribution in [3.63, 3.8) is 0 Å². The van der Waals surface area contributed by atoms with Crippen molar-refractivity contribution < 1.29 is 14.7 Å². The molecule has 0 bridgehead atoms. The number of hydrogen-bond acceptors (Lipinski definition) is 2. The van der Waals surface area contributed by atoms with Gasteiger partial charge < -0.3 is 10.1 Å². The third-order valence-corrected chi connectivity index (χ3v) is 1.64. The predicted octanol–water partition coefficient (Wildman–Crippen LogP) is 1.22. The Bertz CT molecular complexity index is 338. The highest BCUT2D eigenvalue weighted by molar-refractivity contribution is 6.04. The second-order valence-electron chi connectivity index (χ2n) is 2.58. The van der Waals surface area contributed by atoms with E-state index < -0.39 is 5.97 Å². The van der Waals surface area contributed by atoms with Crippen LogP contribution in [0.2, 0.25) is 0 Å². The van der Waals surface area contributed by atoms with Crippen molar-refractivity contribution in [3.8, 4) is 0 Å². The Hall–Kier alpha value is -1.58. The molecule has 4 heteroatoms. The molecule has 0 aliphatic rings. The number of aromatic nitrogens is 1. The number of aryl methyl sites for hydroxylation is 1. The Kier molecular flexibility index (Phi) is 1.99. The number of H-pyrrole nitrogens is 1. The van der Waals surface area contributed by atoms with E-state index in [1.807, 2.05) is 0 Å². The molecule has 1 aromatic heterocycles. The molecule has 0 aliphatic heterocycles. The standard InChI is InChI=1S/C8H9NO3/c1-4-3-9-7(8(11)12)6(4)5(2)10/h3,9H,1-2H3,(H,11,12). The third-order valence-electron chi connectivity index (χ3n) is 1.64. The number of nitrogens with one attached hydrogen (secondary N) is 1. The number of aromatic amines is 1. The van der Waals surface area contributed by atoms with E-state index in [4.69, 9.17) is 5.11 Å². The largest absolute Gasteiger partial charge is 0.477 e. The maximum Gasteiger partial charge on any atom is 0.353 e. The van der Waals surface area contributed by atoms with E-state index in [2.05, 4.69) is 4.98 Å². The molecule has 0 aliphatic carbocycles. The summed E-state index contributed by atoms with van der Waals surface area (Å²) >= 11 is 0. The molecule has 0 aromatic carbocycles. The highest BCUT2D eigenvalue weighted by Crippen LogP contribution is 2.13. The van der Waals surface area contributed by atoms with Crippen LogP contribution in [0.25, 0.3) is 0 Å². The lowest BCUT2D eigenvalue weighted by molar-refractivity contribution is 0.0686. The summed E-state index contributed by atoms with van der Waals surface area (Å²) in [5.74, 6) is -1.33. The molecule has 1 rings (SSSR count). The molecule has 0 fully saturated rings. The summed E-state index contributed by atoms with van der Waals surface area (Å²) in [6, 6.07) is 0. The SMILES string of the molecule is CC(=O)c1c(C)c[nH]c1C(=O)O. The van der Waals surface area contributed by atoms with Gasteiger partial charge in [-0.2, -0.15) is 0 Å². The molecule has 0 atom stereocenters. The minimum absolute atomic E-state index is 0.0278. The molecule has 0 saturated carbocycles. The molecule has 0 saturated heterocycles. The first kappa shape index (κ1) is 8.52. The fourth-order valence-electron chi connectivity index (χ4n) is 1.14. The molecule has 12 heavy (non-hydrogen) atoms. The predicted molar refractivity (Wildman–Crippen MR) is 42.5 cm³/mol. The fourth-order valence-corrected chi connectivity index (χ4v) is 1.14. The number of hydrogen-bond donors (Lipinski definition) is 2. The molecule has 2 N–H and O–H groups in total. The van der Waals surface area contributed by atoms with E-state index in [1.165, 1.54) is 13.1 Å². The van der Waals surface area contributed by atoms with Crippen LogP contribution in [0.3, 0.4) is 0 Å². The quantitative estimate of drug-likeness (QED) is 0.650. The van der Waals surface area contributed by atoms with Crippen molar-refractivity contribution in [1.29, 1.82) is 0 Å². The fraction of sp³-hybridized carbons (Fsp3) is 0.250. The smallest absolute Gasteiger partial charge is 0.353 e. The van der Waals surface area contributed by atoms with Crippen molar-refractivity contribution in [2.75, 3.05) is 0 Å². The van der Waals surface area contributed by atoms with Gasteiger partial charge in [-0.05, 0) is 19.4 Å². The second-order valence-corrected chi connectivity index (χ2v) is 2.58. The van der Waals surface area contributed by atoms with Gasteiger partial charge >= 0.3 is 5.97 Å². The van der Waals surface area contributed by atoms with E-state index >= 15 is 0 Å². The zero-order valence-electron chi connectivity index (χ0n) is 6.84. The van der Waals surface area contributed by atoms with Crippen LogP contribution in [0.5, 0.6) is 0 Å². The number of carboxylic acid groups (broad SMARTS) is 1. The highest BCUT2D eigenvalue weighted by atomic mass is 16.4. The van der Waals surface area contributed by atoms with Gasteiger partial charge in [0.15, 0.2) is 5.78 Å². The van der Waals surface area contributed by atoms with Crippen LogP contribution in [0.15, 0.2) is 6.20 Å². The average molecular weight is 167 g/mol. The Morgan fingerprint density at radius 3 is 2.42 bits per heavy atom. The molecule has 0 spiro atoms. The molecule has 4 nitrogen and oxygen atoms in total. The summed E-state index contributed by atoms with van der Waals surface area (Å²) in [4.78, 5) is 24.1. The highest BCUT2D eigenvalue weighted by Gasteiger charge is 2.17. The van der Waals surface area contributed by atoms with Gasteiger partial charge in [0, 0.05) is 6.20 Å². The summed E-state index contributed by atoms with van der Waals surface area (Å²) < 4.78 is 0. The third kappa shape index (κ3) is 1.23. The van der Waals surface area contributed by atoms with Gasteiger partial charge in [0.2, 0.25) is 0 Å². The zero-order chi connectivity index (χ0) is 9.30. The molecule has 1 aromatic rings. The molecule has 1 heterocycles. The van der Waals surface area contributed by atoms with Crippen LogP contribution in [0.1, 0.15) is 33.3 Å². The van der Waals surface area contributed by atoms with Crippen molar-refractivity contribution >= 4 is 11.8 Å². The van der Waals surface area contributed by atoms with E-state index in [0.29, 0.717) is 5.56 Å². The summed E-state index contributed by atoms with van der Waals surface area (Å²) in [6.07, 6.45) is 1.51. The first-order valence-corrected chi connectivity index (χ1v) is 3.46.